The van der Waals surface area contributed by atoms with Crippen LogP contribution in [0.1, 0.15) is 13.3 Å². The molecule has 0 spiro atoms. The van der Waals surface area contributed by atoms with Crippen LogP contribution in [0.3, 0.4) is 0 Å². The van der Waals surface area contributed by atoms with E-state index >= 15 is 0 Å². The zero-order chi connectivity index (χ0) is 11.5. The first-order chi connectivity index (χ1) is 7.16. The number of carbonyl (C=O) groups is 2. The highest BCUT2D eigenvalue weighted by Gasteiger charge is 2.00. The number of ether oxygens (including phenoxy) is 2. The monoisotopic (exact) mass is 218 g/mol. The molecule has 0 unspecified atom stereocenters. The number of hydrogen-bond donors (Lipinski definition) is 2. The molecule has 6 heteroatoms. The van der Waals surface area contributed by atoms with Crippen molar-refractivity contribution in [3.8, 4) is 0 Å². The molecular formula is C9H18N2O4. The highest BCUT2D eigenvalue weighted by atomic mass is 16.5. The molecule has 0 rings (SSSR count). The summed E-state index contributed by atoms with van der Waals surface area (Å²) in [7, 11) is 0. The van der Waals surface area contributed by atoms with E-state index in [1.165, 1.54) is 0 Å². The van der Waals surface area contributed by atoms with Gasteiger partial charge in [-0.3, -0.25) is 9.59 Å². The Morgan fingerprint density at radius 1 is 1.27 bits per heavy atom. The standard InChI is InChI=1S/C9H18N2O4/c1-2-14-5-3-9(13)11-4-6-15-7-8(10)12/h2-7H2,1H3,(H2,10,12)(H,11,13). The van der Waals surface area contributed by atoms with Crippen LogP contribution >= 0.6 is 0 Å². The van der Waals surface area contributed by atoms with E-state index in [1.54, 1.807) is 0 Å². The van der Waals surface area contributed by atoms with Crippen LogP contribution < -0.4 is 11.1 Å². The van der Waals surface area contributed by atoms with Gasteiger partial charge in [0.05, 0.1) is 13.2 Å². The van der Waals surface area contributed by atoms with Gasteiger partial charge < -0.3 is 20.5 Å². The lowest BCUT2D eigenvalue weighted by molar-refractivity contribution is -0.123. The fourth-order valence-electron chi connectivity index (χ4n) is 0.833. The predicted molar refractivity (Wildman–Crippen MR) is 54.1 cm³/mol. The Hall–Kier alpha value is -1.14. The summed E-state index contributed by atoms with van der Waals surface area (Å²) in [5, 5.41) is 2.62. The average Bonchev–Trinajstić information content (AvgIpc) is 2.17. The Bertz CT molecular complexity index is 197. The van der Waals surface area contributed by atoms with Gasteiger partial charge in [0.25, 0.3) is 0 Å². The quantitative estimate of drug-likeness (QED) is 0.487. The van der Waals surface area contributed by atoms with Gasteiger partial charge in [0, 0.05) is 19.6 Å². The van der Waals surface area contributed by atoms with Crippen molar-refractivity contribution in [3.05, 3.63) is 0 Å². The highest BCUT2D eigenvalue weighted by Crippen LogP contribution is 1.82. The van der Waals surface area contributed by atoms with E-state index in [-0.39, 0.29) is 19.1 Å². The molecule has 0 saturated heterocycles. The van der Waals surface area contributed by atoms with Gasteiger partial charge in [-0.2, -0.15) is 0 Å². The molecule has 0 aliphatic carbocycles. The first-order valence-electron chi connectivity index (χ1n) is 4.87. The molecule has 0 radical (unpaired) electrons. The second-order valence-corrected chi connectivity index (χ2v) is 2.82. The van der Waals surface area contributed by atoms with Crippen LogP contribution in [-0.2, 0) is 19.1 Å². The zero-order valence-corrected chi connectivity index (χ0v) is 8.95. The molecule has 2 amide bonds. The van der Waals surface area contributed by atoms with E-state index in [0.29, 0.717) is 26.2 Å². The van der Waals surface area contributed by atoms with Crippen molar-refractivity contribution in [3.63, 3.8) is 0 Å². The third-order valence-electron chi connectivity index (χ3n) is 1.49. The summed E-state index contributed by atoms with van der Waals surface area (Å²) in [5.41, 5.74) is 4.85. The van der Waals surface area contributed by atoms with E-state index in [2.05, 4.69) is 5.32 Å². The Balaban J connectivity index is 3.20. The van der Waals surface area contributed by atoms with E-state index in [0.717, 1.165) is 0 Å². The minimum atomic E-state index is -0.516. The molecule has 0 aliphatic heterocycles. The Morgan fingerprint density at radius 2 is 2.00 bits per heavy atom. The number of nitrogens with two attached hydrogens (primary N) is 1. The second-order valence-electron chi connectivity index (χ2n) is 2.82. The van der Waals surface area contributed by atoms with Crippen molar-refractivity contribution in [1.82, 2.24) is 5.32 Å². The van der Waals surface area contributed by atoms with Crippen LogP contribution in [0.4, 0.5) is 0 Å². The lowest BCUT2D eigenvalue weighted by Crippen LogP contribution is -2.29. The largest absolute Gasteiger partial charge is 0.381 e. The minimum Gasteiger partial charge on any atom is -0.381 e. The maximum absolute atomic E-state index is 11.1. The van der Waals surface area contributed by atoms with Crippen LogP contribution in [0.5, 0.6) is 0 Å². The van der Waals surface area contributed by atoms with Gasteiger partial charge in [-0.1, -0.05) is 0 Å². The lowest BCUT2D eigenvalue weighted by Gasteiger charge is -2.05. The van der Waals surface area contributed by atoms with Crippen molar-refractivity contribution >= 4 is 11.8 Å². The van der Waals surface area contributed by atoms with Crippen molar-refractivity contribution in [1.29, 1.82) is 0 Å². The minimum absolute atomic E-state index is 0.0916. The van der Waals surface area contributed by atoms with Gasteiger partial charge in [0.2, 0.25) is 11.8 Å². The van der Waals surface area contributed by atoms with Crippen molar-refractivity contribution < 1.29 is 19.1 Å². The number of primary amides is 1. The zero-order valence-electron chi connectivity index (χ0n) is 8.95. The first kappa shape index (κ1) is 13.9. The van der Waals surface area contributed by atoms with Gasteiger partial charge >= 0.3 is 0 Å². The molecule has 6 nitrogen and oxygen atoms in total. The molecule has 0 aliphatic rings. The van der Waals surface area contributed by atoms with Crippen LogP contribution in [0, 0.1) is 0 Å². The van der Waals surface area contributed by atoms with Crippen LogP contribution in [0.2, 0.25) is 0 Å². The molecule has 0 fully saturated rings. The molecule has 0 atom stereocenters. The number of rotatable bonds is 9. The van der Waals surface area contributed by atoms with Gasteiger partial charge in [-0.05, 0) is 6.92 Å². The molecule has 0 saturated carbocycles. The molecule has 0 aromatic carbocycles. The molecular weight excluding hydrogens is 200 g/mol. The highest BCUT2D eigenvalue weighted by molar-refractivity contribution is 5.76. The Labute approximate surface area is 89.1 Å². The summed E-state index contributed by atoms with van der Waals surface area (Å²) in [6, 6.07) is 0. The normalized spacial score (nSPS) is 9.93. The predicted octanol–water partition coefficient (Wildman–Crippen LogP) is -0.969. The van der Waals surface area contributed by atoms with E-state index in [1.807, 2.05) is 6.92 Å². The SMILES string of the molecule is CCOCCC(=O)NCCOCC(N)=O. The van der Waals surface area contributed by atoms with E-state index in [9.17, 15) is 9.59 Å². The molecule has 0 aromatic heterocycles. The van der Waals surface area contributed by atoms with Crippen LogP contribution in [-0.4, -0.2) is 44.8 Å². The molecule has 0 heterocycles. The Morgan fingerprint density at radius 3 is 2.60 bits per heavy atom. The number of hydrogen-bond acceptors (Lipinski definition) is 4. The van der Waals surface area contributed by atoms with Crippen molar-refractivity contribution in [2.24, 2.45) is 5.73 Å². The van der Waals surface area contributed by atoms with Crippen LogP contribution in [0.25, 0.3) is 0 Å². The molecule has 15 heavy (non-hydrogen) atoms. The maximum atomic E-state index is 11.1. The van der Waals surface area contributed by atoms with E-state index < -0.39 is 5.91 Å². The smallest absolute Gasteiger partial charge is 0.243 e. The van der Waals surface area contributed by atoms with E-state index in [4.69, 9.17) is 15.2 Å². The fraction of sp³-hybridized carbons (Fsp3) is 0.778. The summed E-state index contributed by atoms with van der Waals surface area (Å²) in [6.07, 6.45) is 0.337. The van der Waals surface area contributed by atoms with Crippen molar-refractivity contribution in [2.75, 3.05) is 33.0 Å². The van der Waals surface area contributed by atoms with Gasteiger partial charge in [-0.15, -0.1) is 0 Å². The van der Waals surface area contributed by atoms with Gasteiger partial charge in [0.1, 0.15) is 6.61 Å². The van der Waals surface area contributed by atoms with Gasteiger partial charge in [-0.25, -0.2) is 0 Å². The summed E-state index contributed by atoms with van der Waals surface area (Å²) in [6.45, 7) is 3.44. The summed E-state index contributed by atoms with van der Waals surface area (Å²) in [4.78, 5) is 21.3. The van der Waals surface area contributed by atoms with Gasteiger partial charge in [0.15, 0.2) is 0 Å². The molecule has 88 valence electrons. The summed E-state index contributed by atoms with van der Waals surface area (Å²) < 4.78 is 9.86. The molecule has 0 bridgehead atoms. The third-order valence-corrected chi connectivity index (χ3v) is 1.49. The van der Waals surface area contributed by atoms with Crippen LogP contribution in [0.15, 0.2) is 0 Å². The third kappa shape index (κ3) is 10.8. The topological polar surface area (TPSA) is 90.7 Å². The second kappa shape index (κ2) is 9.42. The van der Waals surface area contributed by atoms with Crippen molar-refractivity contribution in [2.45, 2.75) is 13.3 Å². The Kier molecular flexibility index (Phi) is 8.70. The molecule has 3 N–H and O–H groups in total. The summed E-state index contributed by atoms with van der Waals surface area (Å²) >= 11 is 0. The fourth-order valence-corrected chi connectivity index (χ4v) is 0.833. The first-order valence-corrected chi connectivity index (χ1v) is 4.87. The average molecular weight is 218 g/mol. The summed E-state index contributed by atoms with van der Waals surface area (Å²) in [5.74, 6) is -0.608. The molecule has 0 aromatic rings. The number of carbonyl (C=O) groups excluding carboxylic acids is 2. The number of amides is 2. The number of nitrogens with one attached hydrogen (secondary N) is 1. The maximum Gasteiger partial charge on any atom is 0.243 e. The lowest BCUT2D eigenvalue weighted by atomic mass is 10.4.